The SMILES string of the molecule is CCOC(=O)c1n[nH]nc1-c1c(Cl)cc(C(F)(F)F)c(F)c1F. The molecule has 1 aromatic carbocycles. The summed E-state index contributed by atoms with van der Waals surface area (Å²) >= 11 is 5.62. The maximum atomic E-state index is 14.1. The van der Waals surface area contributed by atoms with E-state index >= 15 is 0 Å². The van der Waals surface area contributed by atoms with E-state index in [-0.39, 0.29) is 12.7 Å². The Hall–Kier alpha value is -2.23. The third kappa shape index (κ3) is 3.11. The number of nitrogens with one attached hydrogen (secondary N) is 1. The molecule has 1 aromatic heterocycles. The lowest BCUT2D eigenvalue weighted by atomic mass is 10.1. The van der Waals surface area contributed by atoms with Crippen LogP contribution in [0.1, 0.15) is 23.0 Å². The van der Waals surface area contributed by atoms with Crippen LogP contribution in [0.3, 0.4) is 0 Å². The van der Waals surface area contributed by atoms with Gasteiger partial charge in [0.2, 0.25) is 0 Å². The molecule has 2 aromatic rings. The highest BCUT2D eigenvalue weighted by atomic mass is 35.5. The third-order valence-corrected chi connectivity index (χ3v) is 3.02. The number of alkyl halides is 3. The van der Waals surface area contributed by atoms with Gasteiger partial charge in [-0.1, -0.05) is 11.6 Å². The highest BCUT2D eigenvalue weighted by Gasteiger charge is 2.38. The van der Waals surface area contributed by atoms with Gasteiger partial charge in [0.15, 0.2) is 17.3 Å². The number of aromatic amines is 1. The molecule has 0 unspecified atom stereocenters. The molecule has 0 spiro atoms. The average molecular weight is 356 g/mol. The summed E-state index contributed by atoms with van der Waals surface area (Å²) in [6.45, 7) is 1.45. The first kappa shape index (κ1) is 17.1. The molecular weight excluding hydrogens is 349 g/mol. The number of benzene rings is 1. The van der Waals surface area contributed by atoms with Crippen LogP contribution in [0, 0.1) is 11.6 Å². The molecule has 23 heavy (non-hydrogen) atoms. The quantitative estimate of drug-likeness (QED) is 0.519. The summed E-state index contributed by atoms with van der Waals surface area (Å²) < 4.78 is 70.2. The highest BCUT2D eigenvalue weighted by Crippen LogP contribution is 2.39. The molecule has 2 rings (SSSR count). The average Bonchev–Trinajstić information content (AvgIpc) is 2.91. The number of hydrogen-bond acceptors (Lipinski definition) is 4. The van der Waals surface area contributed by atoms with Crippen LogP contribution in [-0.4, -0.2) is 28.0 Å². The molecule has 0 atom stereocenters. The summed E-state index contributed by atoms with van der Waals surface area (Å²) in [5.74, 6) is -5.08. The van der Waals surface area contributed by atoms with Crippen molar-refractivity contribution in [3.63, 3.8) is 0 Å². The van der Waals surface area contributed by atoms with Crippen LogP contribution in [-0.2, 0) is 10.9 Å². The normalized spacial score (nSPS) is 11.6. The number of ether oxygens (including phenoxy) is 1. The number of halogens is 6. The van der Waals surface area contributed by atoms with Gasteiger partial charge in [0.1, 0.15) is 5.69 Å². The molecule has 0 bridgehead atoms. The van der Waals surface area contributed by atoms with E-state index < -0.39 is 51.3 Å². The molecule has 1 heterocycles. The monoisotopic (exact) mass is 355 g/mol. The molecule has 0 aliphatic rings. The molecule has 0 radical (unpaired) electrons. The molecular formula is C12H7ClF5N3O2. The first-order valence-corrected chi connectivity index (χ1v) is 6.39. The van der Waals surface area contributed by atoms with E-state index in [2.05, 4.69) is 14.9 Å². The molecule has 124 valence electrons. The number of esters is 1. The molecule has 0 saturated carbocycles. The first-order chi connectivity index (χ1) is 10.7. The van der Waals surface area contributed by atoms with Crippen molar-refractivity contribution in [3.05, 3.63) is 34.0 Å². The minimum Gasteiger partial charge on any atom is -0.461 e. The van der Waals surface area contributed by atoms with Crippen molar-refractivity contribution in [1.82, 2.24) is 15.4 Å². The molecule has 1 N–H and O–H groups in total. The number of carbonyl (C=O) groups is 1. The van der Waals surface area contributed by atoms with Gasteiger partial charge in [-0.05, 0) is 13.0 Å². The summed E-state index contributed by atoms with van der Waals surface area (Å²) in [5, 5.41) is 8.05. The lowest BCUT2D eigenvalue weighted by molar-refractivity contribution is -0.140. The van der Waals surface area contributed by atoms with E-state index in [0.717, 1.165) is 0 Å². The Bertz CT molecular complexity index is 760. The van der Waals surface area contributed by atoms with E-state index in [1.165, 1.54) is 6.92 Å². The predicted molar refractivity (Wildman–Crippen MR) is 67.7 cm³/mol. The smallest absolute Gasteiger partial charge is 0.419 e. The van der Waals surface area contributed by atoms with Crippen LogP contribution in [0.15, 0.2) is 6.07 Å². The zero-order valence-corrected chi connectivity index (χ0v) is 12.0. The fourth-order valence-electron chi connectivity index (χ4n) is 1.77. The molecule has 5 nitrogen and oxygen atoms in total. The summed E-state index contributed by atoms with van der Waals surface area (Å²) in [4.78, 5) is 11.6. The number of rotatable bonds is 3. The van der Waals surface area contributed by atoms with Gasteiger partial charge in [-0.3, -0.25) is 0 Å². The van der Waals surface area contributed by atoms with Crippen LogP contribution in [0.25, 0.3) is 11.3 Å². The Morgan fingerprint density at radius 1 is 1.30 bits per heavy atom. The van der Waals surface area contributed by atoms with Gasteiger partial charge in [0.05, 0.1) is 22.8 Å². The molecule has 0 fully saturated rings. The van der Waals surface area contributed by atoms with Crippen molar-refractivity contribution < 1.29 is 31.5 Å². The summed E-state index contributed by atoms with van der Waals surface area (Å²) in [6, 6.07) is 0.207. The largest absolute Gasteiger partial charge is 0.461 e. The first-order valence-electron chi connectivity index (χ1n) is 6.01. The molecule has 0 aliphatic heterocycles. The molecule has 0 amide bonds. The van der Waals surface area contributed by atoms with E-state index in [1.807, 2.05) is 5.21 Å². The Morgan fingerprint density at radius 3 is 2.52 bits per heavy atom. The Balaban J connectivity index is 2.65. The van der Waals surface area contributed by atoms with E-state index in [1.54, 1.807) is 0 Å². The van der Waals surface area contributed by atoms with Crippen molar-refractivity contribution in [1.29, 1.82) is 0 Å². The summed E-state index contributed by atoms with van der Waals surface area (Å²) in [5.41, 5.74) is -3.79. The minimum atomic E-state index is -5.14. The minimum absolute atomic E-state index is 0.0390. The van der Waals surface area contributed by atoms with Crippen molar-refractivity contribution in [2.75, 3.05) is 6.61 Å². The molecule has 0 aliphatic carbocycles. The standard InChI is InChI=1S/C12H7ClF5N3O2/c1-2-23-11(22)10-9(19-21-20-10)6-5(13)3-4(12(16,17)18)7(14)8(6)15/h3H,2H2,1H3,(H,19,20,21). The van der Waals surface area contributed by atoms with Crippen LogP contribution in [0.4, 0.5) is 22.0 Å². The summed E-state index contributed by atoms with van der Waals surface area (Å²) in [7, 11) is 0. The number of hydrogen-bond donors (Lipinski definition) is 1. The zero-order valence-electron chi connectivity index (χ0n) is 11.3. The highest BCUT2D eigenvalue weighted by molar-refractivity contribution is 6.33. The van der Waals surface area contributed by atoms with Gasteiger partial charge in [0.25, 0.3) is 0 Å². The number of H-pyrrole nitrogens is 1. The summed E-state index contributed by atoms with van der Waals surface area (Å²) in [6.07, 6.45) is -5.14. The van der Waals surface area contributed by atoms with E-state index in [9.17, 15) is 26.7 Å². The molecule has 0 saturated heterocycles. The van der Waals surface area contributed by atoms with Gasteiger partial charge in [0, 0.05) is 0 Å². The van der Waals surface area contributed by atoms with Crippen LogP contribution >= 0.6 is 11.6 Å². The van der Waals surface area contributed by atoms with Crippen LogP contribution in [0.5, 0.6) is 0 Å². The van der Waals surface area contributed by atoms with Gasteiger partial charge >= 0.3 is 12.1 Å². The van der Waals surface area contributed by atoms with Gasteiger partial charge in [-0.25, -0.2) is 13.6 Å². The Kier molecular flexibility index (Phi) is 4.55. The fourth-order valence-corrected chi connectivity index (χ4v) is 2.05. The van der Waals surface area contributed by atoms with Gasteiger partial charge < -0.3 is 4.74 Å². The van der Waals surface area contributed by atoms with Crippen LogP contribution in [0.2, 0.25) is 5.02 Å². The van der Waals surface area contributed by atoms with Crippen molar-refractivity contribution in [2.45, 2.75) is 13.1 Å². The lowest BCUT2D eigenvalue weighted by Gasteiger charge is -2.12. The predicted octanol–water partition coefficient (Wildman–Crippen LogP) is 3.60. The van der Waals surface area contributed by atoms with Crippen molar-refractivity contribution >= 4 is 17.6 Å². The lowest BCUT2D eigenvalue weighted by Crippen LogP contribution is -2.12. The fraction of sp³-hybridized carbons (Fsp3) is 0.250. The van der Waals surface area contributed by atoms with Crippen molar-refractivity contribution in [2.24, 2.45) is 0 Å². The Morgan fingerprint density at radius 2 is 1.96 bits per heavy atom. The second-order valence-corrected chi connectivity index (χ2v) is 4.56. The van der Waals surface area contributed by atoms with Gasteiger partial charge in [-0.15, -0.1) is 5.10 Å². The Labute approximate surface area is 130 Å². The number of aromatic nitrogens is 3. The van der Waals surface area contributed by atoms with E-state index in [0.29, 0.717) is 0 Å². The van der Waals surface area contributed by atoms with Gasteiger partial charge in [-0.2, -0.15) is 23.5 Å². The number of nitrogens with zero attached hydrogens (tertiary/aromatic N) is 2. The molecule has 11 heteroatoms. The second-order valence-electron chi connectivity index (χ2n) is 4.15. The maximum Gasteiger partial charge on any atom is 0.419 e. The third-order valence-electron chi connectivity index (χ3n) is 2.72. The second kappa shape index (κ2) is 6.11. The number of carbonyl (C=O) groups excluding carboxylic acids is 1. The van der Waals surface area contributed by atoms with Crippen molar-refractivity contribution in [3.8, 4) is 11.3 Å². The van der Waals surface area contributed by atoms with Crippen LogP contribution < -0.4 is 0 Å². The topological polar surface area (TPSA) is 67.9 Å². The zero-order chi connectivity index (χ0) is 17.4. The maximum absolute atomic E-state index is 14.1. The van der Waals surface area contributed by atoms with E-state index in [4.69, 9.17) is 11.6 Å².